The van der Waals surface area contributed by atoms with E-state index in [0.717, 1.165) is 40.4 Å². The molecule has 4 aromatic rings. The van der Waals surface area contributed by atoms with Crippen molar-refractivity contribution >= 4 is 28.6 Å². The minimum Gasteiger partial charge on any atom is -0.329 e. The number of allylic oxidation sites excluding steroid dienone is 1. The molecule has 3 aromatic carbocycles. The minimum atomic E-state index is -0.292. The first-order valence-corrected chi connectivity index (χ1v) is 11.9. The highest BCUT2D eigenvalue weighted by atomic mass is 16.1. The molecule has 0 spiro atoms. The lowest BCUT2D eigenvalue weighted by atomic mass is 9.92. The first-order chi connectivity index (χ1) is 16.5. The topological polar surface area (TPSA) is 59.0 Å². The predicted molar refractivity (Wildman–Crippen MR) is 139 cm³/mol. The number of imidazole rings is 1. The molecule has 1 atom stereocenters. The van der Waals surface area contributed by atoms with Gasteiger partial charge in [0.1, 0.15) is 0 Å². The third kappa shape index (κ3) is 3.87. The molecule has 0 bridgehead atoms. The van der Waals surface area contributed by atoms with E-state index in [4.69, 9.17) is 4.98 Å². The Labute approximate surface area is 200 Å². The quantitative estimate of drug-likeness (QED) is 0.358. The molecule has 0 saturated carbocycles. The number of para-hydroxylation sites is 2. The molecular weight excluding hydrogens is 420 g/mol. The molecule has 172 valence electrons. The molecule has 1 aliphatic heterocycles. The minimum absolute atomic E-state index is 0.115. The molecule has 1 amide bonds. The summed E-state index contributed by atoms with van der Waals surface area (Å²) in [5.41, 5.74) is 7.75. The fraction of sp³-hybridized carbons (Fsp3) is 0.241. The summed E-state index contributed by atoms with van der Waals surface area (Å²) in [6, 6.07) is 24.4. The standard InChI is InChI=1S/C29H30N4O/c1-5-20-10-16-23(17-11-20)31-28(34)26-19(4)30-29-32-24-8-6-7-9-25(24)33(29)27(26)22-14-12-21(13-15-22)18(2)3/h6-18,27H,5H2,1-4H3,(H,30,32)(H,31,34)/t27-/m0/s1. The monoisotopic (exact) mass is 450 g/mol. The van der Waals surface area contributed by atoms with Crippen LogP contribution in [0.3, 0.4) is 0 Å². The zero-order valence-corrected chi connectivity index (χ0v) is 20.1. The maximum Gasteiger partial charge on any atom is 0.255 e. The average Bonchev–Trinajstić information content (AvgIpc) is 3.21. The number of amides is 1. The smallest absolute Gasteiger partial charge is 0.255 e. The Kier molecular flexibility index (Phi) is 5.70. The van der Waals surface area contributed by atoms with Gasteiger partial charge in [-0.15, -0.1) is 0 Å². The van der Waals surface area contributed by atoms with Crippen molar-refractivity contribution in [3.63, 3.8) is 0 Å². The van der Waals surface area contributed by atoms with Gasteiger partial charge in [0.15, 0.2) is 0 Å². The molecule has 0 unspecified atom stereocenters. The highest BCUT2D eigenvalue weighted by Crippen LogP contribution is 2.39. The number of carbonyl (C=O) groups excluding carboxylic acids is 1. The van der Waals surface area contributed by atoms with Crippen LogP contribution in [0.1, 0.15) is 56.3 Å². The van der Waals surface area contributed by atoms with Crippen LogP contribution < -0.4 is 10.6 Å². The molecule has 0 saturated heterocycles. The van der Waals surface area contributed by atoms with Crippen LogP contribution in [0, 0.1) is 0 Å². The Hall–Kier alpha value is -3.86. The van der Waals surface area contributed by atoms with Crippen LogP contribution in [0.5, 0.6) is 0 Å². The highest BCUT2D eigenvalue weighted by Gasteiger charge is 2.34. The second-order valence-electron chi connectivity index (χ2n) is 9.19. The van der Waals surface area contributed by atoms with Gasteiger partial charge in [0.25, 0.3) is 5.91 Å². The van der Waals surface area contributed by atoms with Gasteiger partial charge in [-0.1, -0.05) is 69.3 Å². The molecule has 34 heavy (non-hydrogen) atoms. The summed E-state index contributed by atoms with van der Waals surface area (Å²) in [6.45, 7) is 8.45. The first kappa shape index (κ1) is 22.0. The van der Waals surface area contributed by atoms with Crippen LogP contribution in [-0.4, -0.2) is 15.5 Å². The van der Waals surface area contributed by atoms with Crippen LogP contribution in [0.2, 0.25) is 0 Å². The summed E-state index contributed by atoms with van der Waals surface area (Å²) in [7, 11) is 0. The van der Waals surface area contributed by atoms with Crippen LogP contribution in [-0.2, 0) is 11.2 Å². The molecule has 0 fully saturated rings. The van der Waals surface area contributed by atoms with Crippen molar-refractivity contribution in [3.05, 3.63) is 101 Å². The zero-order valence-electron chi connectivity index (χ0n) is 20.1. The van der Waals surface area contributed by atoms with Crippen LogP contribution in [0.4, 0.5) is 11.6 Å². The van der Waals surface area contributed by atoms with Gasteiger partial charge in [-0.2, -0.15) is 0 Å². The molecule has 5 nitrogen and oxygen atoms in total. The van der Waals surface area contributed by atoms with Crippen molar-refractivity contribution < 1.29 is 4.79 Å². The molecule has 5 heteroatoms. The molecule has 5 rings (SSSR count). The van der Waals surface area contributed by atoms with Gasteiger partial charge in [0.05, 0.1) is 22.6 Å². The van der Waals surface area contributed by atoms with Crippen molar-refractivity contribution in [2.45, 2.75) is 46.1 Å². The largest absolute Gasteiger partial charge is 0.329 e. The predicted octanol–water partition coefficient (Wildman–Crippen LogP) is 6.65. The van der Waals surface area contributed by atoms with Gasteiger partial charge >= 0.3 is 0 Å². The lowest BCUT2D eigenvalue weighted by Crippen LogP contribution is -2.30. The number of aromatic nitrogens is 2. The van der Waals surface area contributed by atoms with Gasteiger partial charge in [0.2, 0.25) is 5.95 Å². The molecule has 0 aliphatic carbocycles. The number of hydrogen-bond acceptors (Lipinski definition) is 3. The number of aryl methyl sites for hydroxylation is 1. The SMILES string of the molecule is CCc1ccc(NC(=O)C2=C(C)Nc3nc4ccccc4n3[C@H]2c2ccc(C(C)C)cc2)cc1. The van der Waals surface area contributed by atoms with Crippen molar-refractivity contribution in [2.75, 3.05) is 10.6 Å². The maximum atomic E-state index is 13.7. The highest BCUT2D eigenvalue weighted by molar-refractivity contribution is 6.06. The van der Waals surface area contributed by atoms with Crippen molar-refractivity contribution in [3.8, 4) is 0 Å². The Morgan fingerprint density at radius 3 is 2.41 bits per heavy atom. The number of anilines is 2. The Morgan fingerprint density at radius 2 is 1.74 bits per heavy atom. The third-order valence-corrected chi connectivity index (χ3v) is 6.61. The molecular formula is C29H30N4O. The number of nitrogens with one attached hydrogen (secondary N) is 2. The van der Waals surface area contributed by atoms with E-state index in [1.807, 2.05) is 37.3 Å². The van der Waals surface area contributed by atoms with E-state index in [1.165, 1.54) is 11.1 Å². The number of hydrogen-bond donors (Lipinski definition) is 2. The number of carbonyl (C=O) groups is 1. The van der Waals surface area contributed by atoms with Gasteiger partial charge in [-0.3, -0.25) is 9.36 Å². The van der Waals surface area contributed by atoms with E-state index >= 15 is 0 Å². The van der Waals surface area contributed by atoms with E-state index in [0.29, 0.717) is 11.5 Å². The number of rotatable bonds is 5. The number of benzene rings is 3. The van der Waals surface area contributed by atoms with Gasteiger partial charge in [0, 0.05) is 11.4 Å². The lowest BCUT2D eigenvalue weighted by molar-refractivity contribution is -0.113. The van der Waals surface area contributed by atoms with E-state index in [9.17, 15) is 4.79 Å². The Morgan fingerprint density at radius 1 is 1.03 bits per heavy atom. The summed E-state index contributed by atoms with van der Waals surface area (Å²) in [5.74, 6) is 1.08. The molecule has 0 radical (unpaired) electrons. The normalized spacial score (nSPS) is 15.4. The summed E-state index contributed by atoms with van der Waals surface area (Å²) in [4.78, 5) is 18.5. The summed E-state index contributed by atoms with van der Waals surface area (Å²) < 4.78 is 2.14. The van der Waals surface area contributed by atoms with Crippen LogP contribution in [0.15, 0.2) is 84.1 Å². The summed E-state index contributed by atoms with van der Waals surface area (Å²) in [5, 5.41) is 6.51. The fourth-order valence-corrected chi connectivity index (χ4v) is 4.66. The molecule has 2 heterocycles. The molecule has 1 aliphatic rings. The molecule has 1 aromatic heterocycles. The first-order valence-electron chi connectivity index (χ1n) is 11.9. The van der Waals surface area contributed by atoms with Gasteiger partial charge in [-0.05, 0) is 60.2 Å². The van der Waals surface area contributed by atoms with E-state index in [2.05, 4.69) is 78.4 Å². The maximum absolute atomic E-state index is 13.7. The number of nitrogens with zero attached hydrogens (tertiary/aromatic N) is 2. The second kappa shape index (κ2) is 8.82. The van der Waals surface area contributed by atoms with Gasteiger partial charge < -0.3 is 10.6 Å². The Balaban J connectivity index is 1.61. The Bertz CT molecular complexity index is 1380. The van der Waals surface area contributed by atoms with Crippen molar-refractivity contribution in [1.82, 2.24) is 9.55 Å². The van der Waals surface area contributed by atoms with Crippen LogP contribution >= 0.6 is 0 Å². The second-order valence-corrected chi connectivity index (χ2v) is 9.19. The zero-order chi connectivity index (χ0) is 23.8. The lowest BCUT2D eigenvalue weighted by Gasteiger charge is -2.31. The fourth-order valence-electron chi connectivity index (χ4n) is 4.66. The third-order valence-electron chi connectivity index (χ3n) is 6.61. The number of fused-ring (bicyclic) bond motifs is 3. The average molecular weight is 451 g/mol. The van der Waals surface area contributed by atoms with Crippen LogP contribution in [0.25, 0.3) is 11.0 Å². The summed E-state index contributed by atoms with van der Waals surface area (Å²) in [6.07, 6.45) is 0.966. The van der Waals surface area contributed by atoms with E-state index in [1.54, 1.807) is 0 Å². The summed E-state index contributed by atoms with van der Waals surface area (Å²) >= 11 is 0. The van der Waals surface area contributed by atoms with Crippen molar-refractivity contribution in [2.24, 2.45) is 0 Å². The van der Waals surface area contributed by atoms with E-state index in [-0.39, 0.29) is 11.9 Å². The van der Waals surface area contributed by atoms with Gasteiger partial charge in [-0.25, -0.2) is 4.98 Å². The van der Waals surface area contributed by atoms with Crippen molar-refractivity contribution in [1.29, 1.82) is 0 Å². The molecule has 2 N–H and O–H groups in total. The van der Waals surface area contributed by atoms with E-state index < -0.39 is 0 Å².